The predicted octanol–water partition coefficient (Wildman–Crippen LogP) is 6.42. The van der Waals surface area contributed by atoms with Crippen LogP contribution in [0, 0.1) is 5.82 Å². The van der Waals surface area contributed by atoms with Crippen molar-refractivity contribution in [2.75, 3.05) is 18.4 Å². The van der Waals surface area contributed by atoms with Crippen molar-refractivity contribution in [1.29, 1.82) is 0 Å². The van der Waals surface area contributed by atoms with Gasteiger partial charge in [0.1, 0.15) is 11.4 Å². The lowest BCUT2D eigenvalue weighted by atomic mass is 9.72. The smallest absolute Gasteiger partial charge is 0.244 e. The highest BCUT2D eigenvalue weighted by atomic mass is 35.5. The van der Waals surface area contributed by atoms with Gasteiger partial charge >= 0.3 is 0 Å². The van der Waals surface area contributed by atoms with Crippen LogP contribution in [-0.4, -0.2) is 34.4 Å². The maximum Gasteiger partial charge on any atom is 0.244 e. The number of carbonyl (C=O) groups excluding carboxylic acids is 1. The van der Waals surface area contributed by atoms with Gasteiger partial charge in [0, 0.05) is 17.3 Å². The topological polar surface area (TPSA) is 45.2 Å². The van der Waals surface area contributed by atoms with E-state index in [0.29, 0.717) is 21.7 Å². The molecule has 2 aromatic carbocycles. The Morgan fingerprint density at radius 3 is 2.53 bits per heavy atom. The average molecular weight is 472 g/mol. The lowest BCUT2D eigenvalue weighted by Gasteiger charge is -2.51. The number of benzene rings is 2. The summed E-state index contributed by atoms with van der Waals surface area (Å²) in [6.07, 6.45) is 6.42. The monoisotopic (exact) mass is 471 g/mol. The van der Waals surface area contributed by atoms with Crippen LogP contribution in [0.25, 0.3) is 10.9 Å². The van der Waals surface area contributed by atoms with Gasteiger partial charge in [-0.25, -0.2) is 4.39 Å². The van der Waals surface area contributed by atoms with Gasteiger partial charge in [0.05, 0.1) is 15.6 Å². The number of halogens is 3. The number of anilines is 1. The molecule has 166 valence electrons. The zero-order valence-corrected chi connectivity index (χ0v) is 19.1. The first-order valence-corrected chi connectivity index (χ1v) is 11.8. The van der Waals surface area contributed by atoms with E-state index in [-0.39, 0.29) is 11.7 Å². The highest BCUT2D eigenvalue weighted by Crippen LogP contribution is 2.43. The number of rotatable bonds is 4. The van der Waals surface area contributed by atoms with Crippen LogP contribution in [0.15, 0.2) is 48.7 Å². The van der Waals surface area contributed by atoms with Crippen molar-refractivity contribution in [2.24, 2.45) is 0 Å². The van der Waals surface area contributed by atoms with Crippen LogP contribution in [0.3, 0.4) is 0 Å². The lowest BCUT2D eigenvalue weighted by molar-refractivity contribution is -0.135. The third kappa shape index (κ3) is 3.87. The molecule has 1 N–H and O–H groups in total. The summed E-state index contributed by atoms with van der Waals surface area (Å²) in [6, 6.07) is 11.9. The zero-order chi connectivity index (χ0) is 22.3. The maximum absolute atomic E-state index is 13.9. The molecule has 0 bridgehead atoms. The molecule has 1 amide bonds. The fourth-order valence-corrected chi connectivity index (χ4v) is 5.43. The highest BCUT2D eigenvalue weighted by molar-refractivity contribution is 6.42. The van der Waals surface area contributed by atoms with Crippen LogP contribution in [-0.2, 0) is 4.79 Å². The van der Waals surface area contributed by atoms with Crippen molar-refractivity contribution in [3.8, 4) is 0 Å². The Hall–Kier alpha value is -2.21. The first-order chi connectivity index (χ1) is 15.5. The van der Waals surface area contributed by atoms with E-state index in [0.717, 1.165) is 61.7 Å². The molecule has 0 atom stereocenters. The SMILES string of the molecule is O=C(Nc1ccc(Cl)c(Cl)c1)C1(N2CCC(c3ccnc4ccc(F)cc34)CC2)CCC1. The molecular formula is C25H24Cl2FN3O. The first kappa shape index (κ1) is 21.6. The number of likely N-dealkylation sites (tertiary alicyclic amines) is 1. The Bertz CT molecular complexity index is 1170. The summed E-state index contributed by atoms with van der Waals surface area (Å²) in [6.45, 7) is 1.66. The minimum atomic E-state index is -0.469. The largest absolute Gasteiger partial charge is 0.324 e. The molecule has 1 saturated carbocycles. The van der Waals surface area contributed by atoms with Crippen molar-refractivity contribution in [1.82, 2.24) is 9.88 Å². The van der Waals surface area contributed by atoms with E-state index < -0.39 is 5.54 Å². The van der Waals surface area contributed by atoms with Gasteiger partial charge in [-0.15, -0.1) is 0 Å². The molecule has 1 aliphatic heterocycles. The molecule has 3 aromatic rings. The van der Waals surface area contributed by atoms with Gasteiger partial charge in [-0.05, 0) is 99.1 Å². The molecule has 32 heavy (non-hydrogen) atoms. The lowest BCUT2D eigenvalue weighted by Crippen LogP contribution is -2.62. The summed E-state index contributed by atoms with van der Waals surface area (Å²) >= 11 is 12.1. The van der Waals surface area contributed by atoms with Crippen molar-refractivity contribution >= 4 is 45.7 Å². The van der Waals surface area contributed by atoms with E-state index in [4.69, 9.17) is 23.2 Å². The molecule has 2 fully saturated rings. The van der Waals surface area contributed by atoms with Gasteiger partial charge in [0.2, 0.25) is 5.91 Å². The van der Waals surface area contributed by atoms with Gasteiger partial charge in [0.15, 0.2) is 0 Å². The predicted molar refractivity (Wildman–Crippen MR) is 127 cm³/mol. The van der Waals surface area contributed by atoms with Crippen LogP contribution in [0.2, 0.25) is 10.0 Å². The number of carbonyl (C=O) groups is 1. The number of hydrogen-bond donors (Lipinski definition) is 1. The molecule has 0 spiro atoms. The van der Waals surface area contributed by atoms with Crippen molar-refractivity contribution < 1.29 is 9.18 Å². The fraction of sp³-hybridized carbons (Fsp3) is 0.360. The van der Waals surface area contributed by atoms with Gasteiger partial charge in [-0.2, -0.15) is 0 Å². The normalized spacial score (nSPS) is 19.0. The van der Waals surface area contributed by atoms with Gasteiger partial charge in [-0.3, -0.25) is 14.7 Å². The van der Waals surface area contributed by atoms with E-state index in [9.17, 15) is 9.18 Å². The molecular weight excluding hydrogens is 448 g/mol. The van der Waals surface area contributed by atoms with Crippen molar-refractivity contribution in [2.45, 2.75) is 43.6 Å². The van der Waals surface area contributed by atoms with E-state index in [1.807, 2.05) is 6.07 Å². The summed E-state index contributed by atoms with van der Waals surface area (Å²) in [5, 5.41) is 4.83. The third-order valence-electron chi connectivity index (χ3n) is 7.06. The molecule has 5 rings (SSSR count). The Labute approximate surface area is 196 Å². The first-order valence-electron chi connectivity index (χ1n) is 11.0. The van der Waals surface area contributed by atoms with E-state index in [1.54, 1.807) is 36.5 Å². The number of piperidine rings is 1. The molecule has 1 aliphatic carbocycles. The Kier molecular flexibility index (Phi) is 5.82. The van der Waals surface area contributed by atoms with Crippen molar-refractivity contribution in [3.05, 3.63) is 70.1 Å². The minimum Gasteiger partial charge on any atom is -0.324 e. The molecule has 0 unspecified atom stereocenters. The second-order valence-corrected chi connectivity index (χ2v) is 9.61. The third-order valence-corrected chi connectivity index (χ3v) is 7.80. The van der Waals surface area contributed by atoms with Gasteiger partial charge in [0.25, 0.3) is 0 Å². The number of nitrogens with one attached hydrogen (secondary N) is 1. The summed E-state index contributed by atoms with van der Waals surface area (Å²) in [4.78, 5) is 20.0. The van der Waals surface area contributed by atoms with Crippen LogP contribution in [0.5, 0.6) is 0 Å². The number of nitrogens with zero attached hydrogens (tertiary/aromatic N) is 2. The fourth-order valence-electron chi connectivity index (χ4n) is 5.13. The Morgan fingerprint density at radius 1 is 1.06 bits per heavy atom. The van der Waals surface area contributed by atoms with Gasteiger partial charge in [-0.1, -0.05) is 23.2 Å². The number of aromatic nitrogens is 1. The number of fused-ring (bicyclic) bond motifs is 1. The quantitative estimate of drug-likeness (QED) is 0.477. The van der Waals surface area contributed by atoms with E-state index >= 15 is 0 Å². The second-order valence-electron chi connectivity index (χ2n) is 8.79. The number of hydrogen-bond acceptors (Lipinski definition) is 3. The minimum absolute atomic E-state index is 0.0250. The summed E-state index contributed by atoms with van der Waals surface area (Å²) in [5.74, 6) is 0.113. The molecule has 7 heteroatoms. The Balaban J connectivity index is 1.31. The van der Waals surface area contributed by atoms with Gasteiger partial charge < -0.3 is 5.32 Å². The Morgan fingerprint density at radius 2 is 1.84 bits per heavy atom. The van der Waals surface area contributed by atoms with E-state index in [2.05, 4.69) is 15.2 Å². The van der Waals surface area contributed by atoms with Crippen LogP contribution >= 0.6 is 23.2 Å². The molecule has 1 aromatic heterocycles. The van der Waals surface area contributed by atoms with Crippen LogP contribution in [0.4, 0.5) is 10.1 Å². The number of amides is 1. The summed E-state index contributed by atoms with van der Waals surface area (Å²) < 4.78 is 13.9. The standard InChI is InChI=1S/C25H24Cl2FN3O/c26-21-4-3-18(15-22(21)27)30-24(32)25(9-1-10-25)31-12-7-16(8-13-31)19-6-11-29-23-5-2-17(28)14-20(19)23/h2-6,11,14-16H,1,7-10,12-13H2,(H,30,32). The zero-order valence-electron chi connectivity index (χ0n) is 17.6. The van der Waals surface area contributed by atoms with Crippen molar-refractivity contribution in [3.63, 3.8) is 0 Å². The average Bonchev–Trinajstić information content (AvgIpc) is 2.76. The number of pyridine rings is 1. The highest BCUT2D eigenvalue weighted by Gasteiger charge is 2.49. The molecule has 2 heterocycles. The van der Waals surface area contributed by atoms with E-state index in [1.165, 1.54) is 6.07 Å². The second kappa shape index (κ2) is 8.62. The molecule has 4 nitrogen and oxygen atoms in total. The summed E-state index contributed by atoms with van der Waals surface area (Å²) in [5.41, 5.74) is 2.17. The summed E-state index contributed by atoms with van der Waals surface area (Å²) in [7, 11) is 0. The van der Waals surface area contributed by atoms with Crippen LogP contribution in [0.1, 0.15) is 43.6 Å². The molecule has 1 saturated heterocycles. The maximum atomic E-state index is 13.9. The molecule has 2 aliphatic rings. The molecule has 0 radical (unpaired) electrons. The van der Waals surface area contributed by atoms with Crippen LogP contribution < -0.4 is 5.32 Å².